The smallest absolute Gasteiger partial charge is 0.319 e. The Morgan fingerprint density at radius 3 is 2.68 bits per heavy atom. The highest BCUT2D eigenvalue weighted by Gasteiger charge is 2.20. The highest BCUT2D eigenvalue weighted by Crippen LogP contribution is 2.17. The van der Waals surface area contributed by atoms with Gasteiger partial charge in [0.2, 0.25) is 0 Å². The molecule has 0 saturated carbocycles. The van der Waals surface area contributed by atoms with Gasteiger partial charge >= 0.3 is 6.03 Å². The number of rotatable bonds is 3. The lowest BCUT2D eigenvalue weighted by Crippen LogP contribution is -2.52. The molecule has 1 aromatic carbocycles. The Morgan fingerprint density at radius 1 is 1.32 bits per heavy atom. The first-order chi connectivity index (χ1) is 9.20. The summed E-state index contributed by atoms with van der Waals surface area (Å²) in [6.45, 7) is 5.57. The van der Waals surface area contributed by atoms with Gasteiger partial charge in [-0.2, -0.15) is 0 Å². The van der Waals surface area contributed by atoms with Crippen molar-refractivity contribution in [3.05, 3.63) is 29.8 Å². The molecule has 0 aliphatic carbocycles. The van der Waals surface area contributed by atoms with Crippen molar-refractivity contribution in [2.24, 2.45) is 0 Å². The predicted octanol–water partition coefficient (Wildman–Crippen LogP) is 1.43. The van der Waals surface area contributed by atoms with Gasteiger partial charge in [-0.1, -0.05) is 12.1 Å². The Labute approximate surface area is 114 Å². The zero-order chi connectivity index (χ0) is 13.7. The third-order valence-electron chi connectivity index (χ3n) is 3.30. The number of carbonyl (C=O) groups is 1. The zero-order valence-corrected chi connectivity index (χ0v) is 11.6. The number of nitrogens with one attached hydrogen (secondary N) is 1. The van der Waals surface area contributed by atoms with Gasteiger partial charge < -0.3 is 19.9 Å². The first-order valence-electron chi connectivity index (χ1n) is 6.54. The predicted molar refractivity (Wildman–Crippen MR) is 75.4 cm³/mol. The molecular formula is C14H21N3O2. The van der Waals surface area contributed by atoms with Gasteiger partial charge in [-0.05, 0) is 24.6 Å². The molecule has 1 saturated heterocycles. The molecule has 0 radical (unpaired) electrons. The van der Waals surface area contributed by atoms with Crippen LogP contribution in [0.3, 0.4) is 0 Å². The largest absolute Gasteiger partial charge is 0.368 e. The summed E-state index contributed by atoms with van der Waals surface area (Å²) in [6.07, 6.45) is 0. The molecule has 5 nitrogen and oxygen atoms in total. The van der Waals surface area contributed by atoms with Crippen molar-refractivity contribution < 1.29 is 9.53 Å². The number of aryl methyl sites for hydroxylation is 1. The number of carbonyl (C=O) groups excluding carboxylic acids is 1. The molecule has 2 rings (SSSR count). The van der Waals surface area contributed by atoms with E-state index in [-0.39, 0.29) is 12.8 Å². The van der Waals surface area contributed by atoms with Crippen molar-refractivity contribution >= 4 is 11.7 Å². The van der Waals surface area contributed by atoms with E-state index < -0.39 is 0 Å². The first-order valence-corrected chi connectivity index (χ1v) is 6.54. The van der Waals surface area contributed by atoms with Crippen molar-refractivity contribution in [3.63, 3.8) is 0 Å². The van der Waals surface area contributed by atoms with Crippen molar-refractivity contribution in [1.29, 1.82) is 0 Å². The summed E-state index contributed by atoms with van der Waals surface area (Å²) in [6, 6.07) is 8.42. The number of methoxy groups -OCH3 is 1. The second kappa shape index (κ2) is 6.43. The van der Waals surface area contributed by atoms with Gasteiger partial charge in [-0.25, -0.2) is 4.79 Å². The number of urea groups is 1. The molecule has 1 aliphatic heterocycles. The van der Waals surface area contributed by atoms with Gasteiger partial charge in [-0.3, -0.25) is 0 Å². The van der Waals surface area contributed by atoms with Crippen LogP contribution < -0.4 is 10.2 Å². The summed E-state index contributed by atoms with van der Waals surface area (Å²) < 4.78 is 4.84. The topological polar surface area (TPSA) is 44.8 Å². The summed E-state index contributed by atoms with van der Waals surface area (Å²) >= 11 is 0. The maximum Gasteiger partial charge on any atom is 0.319 e. The maximum absolute atomic E-state index is 11.8. The van der Waals surface area contributed by atoms with Crippen LogP contribution >= 0.6 is 0 Å². The molecule has 0 spiro atoms. The van der Waals surface area contributed by atoms with E-state index in [1.807, 2.05) is 4.90 Å². The fourth-order valence-corrected chi connectivity index (χ4v) is 2.24. The summed E-state index contributed by atoms with van der Waals surface area (Å²) in [5, 5.41) is 2.71. The fraction of sp³-hybridized carbons (Fsp3) is 0.500. The third-order valence-corrected chi connectivity index (χ3v) is 3.30. The number of hydrogen-bond donors (Lipinski definition) is 1. The van der Waals surface area contributed by atoms with Crippen molar-refractivity contribution in [1.82, 2.24) is 10.2 Å². The maximum atomic E-state index is 11.8. The molecule has 19 heavy (non-hydrogen) atoms. The number of benzene rings is 1. The molecule has 0 aromatic heterocycles. The number of hydrogen-bond acceptors (Lipinski definition) is 3. The van der Waals surface area contributed by atoms with Gasteiger partial charge in [-0.15, -0.1) is 0 Å². The minimum Gasteiger partial charge on any atom is -0.368 e. The first kappa shape index (κ1) is 13.7. The monoisotopic (exact) mass is 263 g/mol. The SMILES string of the molecule is COCNC(=O)N1CCN(c2cccc(C)c2)CC1. The number of piperazine rings is 1. The lowest BCUT2D eigenvalue weighted by Gasteiger charge is -2.36. The Morgan fingerprint density at radius 2 is 2.05 bits per heavy atom. The van der Waals surface area contributed by atoms with Gasteiger partial charge in [0.05, 0.1) is 0 Å². The van der Waals surface area contributed by atoms with E-state index in [9.17, 15) is 4.79 Å². The Kier molecular flexibility index (Phi) is 4.63. The van der Waals surface area contributed by atoms with E-state index in [4.69, 9.17) is 4.74 Å². The van der Waals surface area contributed by atoms with Gasteiger partial charge in [0, 0.05) is 39.0 Å². The molecule has 1 heterocycles. The molecule has 104 valence electrons. The highest BCUT2D eigenvalue weighted by atomic mass is 16.5. The van der Waals surface area contributed by atoms with Crippen LogP contribution in [0.4, 0.5) is 10.5 Å². The second-order valence-corrected chi connectivity index (χ2v) is 4.73. The van der Waals surface area contributed by atoms with E-state index in [1.54, 1.807) is 7.11 Å². The molecule has 1 aliphatic rings. The molecule has 1 aromatic rings. The standard InChI is InChI=1S/C14H21N3O2/c1-12-4-3-5-13(10-12)16-6-8-17(9-7-16)14(18)15-11-19-2/h3-5,10H,6-9,11H2,1-2H3,(H,15,18). The van der Waals surface area contributed by atoms with Crippen LogP contribution in [0.25, 0.3) is 0 Å². The highest BCUT2D eigenvalue weighted by molar-refractivity contribution is 5.74. The van der Waals surface area contributed by atoms with E-state index in [0.29, 0.717) is 0 Å². The normalized spacial score (nSPS) is 15.5. The van der Waals surface area contributed by atoms with Crippen LogP contribution in [0.1, 0.15) is 5.56 Å². The van der Waals surface area contributed by atoms with Crippen molar-refractivity contribution in [2.45, 2.75) is 6.92 Å². The number of nitrogens with zero attached hydrogens (tertiary/aromatic N) is 2. The lowest BCUT2D eigenvalue weighted by atomic mass is 10.2. The molecule has 0 bridgehead atoms. The number of anilines is 1. The molecule has 5 heteroatoms. The van der Waals surface area contributed by atoms with Gasteiger partial charge in [0.1, 0.15) is 6.73 Å². The molecule has 0 atom stereocenters. The number of ether oxygens (including phenoxy) is 1. The Balaban J connectivity index is 1.87. The van der Waals surface area contributed by atoms with E-state index >= 15 is 0 Å². The van der Waals surface area contributed by atoms with E-state index in [1.165, 1.54) is 11.3 Å². The van der Waals surface area contributed by atoms with Crippen molar-refractivity contribution in [3.8, 4) is 0 Å². The summed E-state index contributed by atoms with van der Waals surface area (Å²) in [7, 11) is 1.57. The quantitative estimate of drug-likeness (QED) is 0.839. The average Bonchev–Trinajstić information content (AvgIpc) is 2.45. The minimum absolute atomic E-state index is 0.0502. The van der Waals surface area contributed by atoms with Crippen LogP contribution in [0.15, 0.2) is 24.3 Å². The molecule has 0 unspecified atom stereocenters. The average molecular weight is 263 g/mol. The van der Waals surface area contributed by atoms with E-state index in [0.717, 1.165) is 26.2 Å². The third kappa shape index (κ3) is 3.61. The Bertz CT molecular complexity index is 428. The van der Waals surface area contributed by atoms with Crippen LogP contribution in [0, 0.1) is 6.92 Å². The van der Waals surface area contributed by atoms with E-state index in [2.05, 4.69) is 41.4 Å². The summed E-state index contributed by atoms with van der Waals surface area (Å²) in [5.41, 5.74) is 2.50. The van der Waals surface area contributed by atoms with Gasteiger partial charge in [0.25, 0.3) is 0 Å². The molecule has 1 N–H and O–H groups in total. The summed E-state index contributed by atoms with van der Waals surface area (Å²) in [5.74, 6) is 0. The van der Waals surface area contributed by atoms with Gasteiger partial charge in [0.15, 0.2) is 0 Å². The molecule has 1 fully saturated rings. The Hall–Kier alpha value is -1.75. The second-order valence-electron chi connectivity index (χ2n) is 4.73. The van der Waals surface area contributed by atoms with Crippen LogP contribution in [0.2, 0.25) is 0 Å². The number of amides is 2. The summed E-state index contributed by atoms with van der Waals surface area (Å²) in [4.78, 5) is 15.9. The lowest BCUT2D eigenvalue weighted by molar-refractivity contribution is 0.152. The van der Waals surface area contributed by atoms with Crippen LogP contribution in [-0.4, -0.2) is 51.0 Å². The molecule has 2 amide bonds. The minimum atomic E-state index is -0.0502. The van der Waals surface area contributed by atoms with Crippen molar-refractivity contribution in [2.75, 3.05) is 44.9 Å². The van der Waals surface area contributed by atoms with Crippen LogP contribution in [-0.2, 0) is 4.74 Å². The fourth-order valence-electron chi connectivity index (χ4n) is 2.24. The van der Waals surface area contributed by atoms with Crippen LogP contribution in [0.5, 0.6) is 0 Å². The molecular weight excluding hydrogens is 242 g/mol. The zero-order valence-electron chi connectivity index (χ0n) is 11.6.